The molecule has 0 heterocycles. The van der Waals surface area contributed by atoms with Crippen molar-refractivity contribution in [2.45, 2.75) is 27.2 Å². The Labute approximate surface area is 76.0 Å². The molecule has 0 bridgehead atoms. The molecule has 0 aromatic rings. The molecular formula is C10H20N2. The van der Waals surface area contributed by atoms with Gasteiger partial charge in [0.2, 0.25) is 0 Å². The number of hydrazone groups is 1. The van der Waals surface area contributed by atoms with Crippen LogP contribution in [-0.2, 0) is 0 Å². The minimum atomic E-state index is 0.460. The second-order valence-corrected chi connectivity index (χ2v) is 3.26. The summed E-state index contributed by atoms with van der Waals surface area (Å²) in [6, 6.07) is 0. The van der Waals surface area contributed by atoms with E-state index in [1.54, 1.807) is 0 Å². The summed E-state index contributed by atoms with van der Waals surface area (Å²) in [4.78, 5) is 0. The van der Waals surface area contributed by atoms with Crippen LogP contribution >= 0.6 is 0 Å². The smallest absolute Gasteiger partial charge is 0.0624 e. The number of nitrogens with zero attached hydrogens (tertiary/aromatic N) is 2. The van der Waals surface area contributed by atoms with Gasteiger partial charge in [0.25, 0.3) is 0 Å². The molecule has 0 aliphatic rings. The molecule has 0 N–H and O–H groups in total. The lowest BCUT2D eigenvalue weighted by Crippen LogP contribution is -2.16. The van der Waals surface area contributed by atoms with E-state index in [2.05, 4.69) is 32.5 Å². The van der Waals surface area contributed by atoms with E-state index < -0.39 is 0 Å². The SMILES string of the molecule is C=C/C(=N\N(C)CCC)C(C)C. The van der Waals surface area contributed by atoms with Crippen molar-refractivity contribution < 1.29 is 0 Å². The first kappa shape index (κ1) is 11.2. The van der Waals surface area contributed by atoms with E-state index >= 15 is 0 Å². The topological polar surface area (TPSA) is 15.6 Å². The first-order valence-corrected chi connectivity index (χ1v) is 4.53. The zero-order valence-electron chi connectivity index (χ0n) is 8.67. The van der Waals surface area contributed by atoms with Gasteiger partial charge in [0.15, 0.2) is 0 Å². The van der Waals surface area contributed by atoms with Gasteiger partial charge in [-0.1, -0.05) is 27.4 Å². The van der Waals surface area contributed by atoms with Crippen LogP contribution in [0, 0.1) is 5.92 Å². The Morgan fingerprint density at radius 2 is 2.17 bits per heavy atom. The van der Waals surface area contributed by atoms with Gasteiger partial charge in [-0.15, -0.1) is 0 Å². The molecule has 0 radical (unpaired) electrons. The highest BCUT2D eigenvalue weighted by Crippen LogP contribution is 2.00. The van der Waals surface area contributed by atoms with E-state index in [1.165, 1.54) is 0 Å². The Morgan fingerprint density at radius 1 is 1.58 bits per heavy atom. The van der Waals surface area contributed by atoms with Crippen LogP contribution < -0.4 is 0 Å². The molecule has 2 heteroatoms. The van der Waals surface area contributed by atoms with Crippen LogP contribution in [0.1, 0.15) is 27.2 Å². The average Bonchev–Trinajstić information content (AvgIpc) is 2.00. The molecule has 0 aliphatic carbocycles. The van der Waals surface area contributed by atoms with Crippen LogP contribution in [0.4, 0.5) is 0 Å². The molecule has 0 amide bonds. The highest BCUT2D eigenvalue weighted by atomic mass is 15.4. The van der Waals surface area contributed by atoms with Crippen LogP contribution in [0.25, 0.3) is 0 Å². The van der Waals surface area contributed by atoms with Gasteiger partial charge in [0, 0.05) is 13.6 Å². The maximum absolute atomic E-state index is 4.42. The zero-order valence-corrected chi connectivity index (χ0v) is 8.67. The van der Waals surface area contributed by atoms with Crippen molar-refractivity contribution in [3.63, 3.8) is 0 Å². The number of rotatable bonds is 5. The number of allylic oxidation sites excluding steroid dienone is 1. The molecule has 0 rings (SSSR count). The Balaban J connectivity index is 4.17. The minimum absolute atomic E-state index is 0.460. The van der Waals surface area contributed by atoms with E-state index in [0.29, 0.717) is 5.92 Å². The molecule has 2 nitrogen and oxygen atoms in total. The van der Waals surface area contributed by atoms with E-state index in [9.17, 15) is 0 Å². The van der Waals surface area contributed by atoms with Crippen LogP contribution in [0.15, 0.2) is 17.8 Å². The Kier molecular flexibility index (Phi) is 5.43. The van der Waals surface area contributed by atoms with E-state index in [-0.39, 0.29) is 0 Å². The third-order valence-corrected chi connectivity index (χ3v) is 1.63. The van der Waals surface area contributed by atoms with Crippen molar-refractivity contribution >= 4 is 5.71 Å². The zero-order chi connectivity index (χ0) is 9.56. The fourth-order valence-electron chi connectivity index (χ4n) is 0.963. The van der Waals surface area contributed by atoms with Crippen LogP contribution in [0.5, 0.6) is 0 Å². The second kappa shape index (κ2) is 5.81. The van der Waals surface area contributed by atoms with Crippen LogP contribution in [-0.4, -0.2) is 24.3 Å². The number of hydrogen-bond acceptors (Lipinski definition) is 2. The summed E-state index contributed by atoms with van der Waals surface area (Å²) in [7, 11) is 2.00. The quantitative estimate of drug-likeness (QED) is 0.455. The van der Waals surface area contributed by atoms with E-state index in [4.69, 9.17) is 0 Å². The van der Waals surface area contributed by atoms with E-state index in [1.807, 2.05) is 18.1 Å². The van der Waals surface area contributed by atoms with Crippen molar-refractivity contribution in [1.29, 1.82) is 0 Å². The molecule has 0 fully saturated rings. The van der Waals surface area contributed by atoms with E-state index in [0.717, 1.165) is 18.7 Å². The summed E-state index contributed by atoms with van der Waals surface area (Å²) in [6.45, 7) is 11.1. The van der Waals surface area contributed by atoms with Gasteiger partial charge in [-0.05, 0) is 18.4 Å². The standard InChI is InChI=1S/C10H20N2/c1-6-8-12(5)11-10(7-2)9(3)4/h7,9H,2,6,8H2,1,3-5H3/b11-10+. The Hall–Kier alpha value is -0.790. The normalized spacial score (nSPS) is 11.9. The summed E-state index contributed by atoms with van der Waals surface area (Å²) in [6.07, 6.45) is 2.96. The van der Waals surface area contributed by atoms with Crippen molar-refractivity contribution in [1.82, 2.24) is 5.01 Å². The lowest BCUT2D eigenvalue weighted by Gasteiger charge is -2.14. The predicted octanol–water partition coefficient (Wildman–Crippen LogP) is 2.53. The summed E-state index contributed by atoms with van der Waals surface area (Å²) in [5.41, 5.74) is 1.06. The third kappa shape index (κ3) is 4.16. The van der Waals surface area contributed by atoms with Gasteiger partial charge >= 0.3 is 0 Å². The number of hydrogen-bond donors (Lipinski definition) is 0. The maximum Gasteiger partial charge on any atom is 0.0624 e. The fraction of sp³-hybridized carbons (Fsp3) is 0.700. The van der Waals surface area contributed by atoms with Crippen molar-refractivity contribution in [2.75, 3.05) is 13.6 Å². The molecule has 0 aromatic carbocycles. The molecule has 0 unspecified atom stereocenters. The molecule has 0 spiro atoms. The molecular weight excluding hydrogens is 148 g/mol. The van der Waals surface area contributed by atoms with Crippen LogP contribution in [0.2, 0.25) is 0 Å². The molecule has 0 saturated carbocycles. The van der Waals surface area contributed by atoms with Gasteiger partial charge in [0.1, 0.15) is 0 Å². The fourth-order valence-corrected chi connectivity index (χ4v) is 0.963. The molecule has 12 heavy (non-hydrogen) atoms. The molecule has 70 valence electrons. The lowest BCUT2D eigenvalue weighted by atomic mass is 10.1. The Bertz CT molecular complexity index is 159. The van der Waals surface area contributed by atoms with Gasteiger partial charge in [-0.25, -0.2) is 0 Å². The molecule has 0 aromatic heterocycles. The van der Waals surface area contributed by atoms with Gasteiger partial charge < -0.3 is 0 Å². The molecule has 0 aliphatic heterocycles. The Morgan fingerprint density at radius 3 is 2.50 bits per heavy atom. The first-order valence-electron chi connectivity index (χ1n) is 4.53. The molecule has 0 saturated heterocycles. The summed E-state index contributed by atoms with van der Waals surface area (Å²) in [5.74, 6) is 0.460. The third-order valence-electron chi connectivity index (χ3n) is 1.63. The maximum atomic E-state index is 4.42. The monoisotopic (exact) mass is 168 g/mol. The van der Waals surface area contributed by atoms with Crippen LogP contribution in [0.3, 0.4) is 0 Å². The van der Waals surface area contributed by atoms with Crippen molar-refractivity contribution in [2.24, 2.45) is 11.0 Å². The predicted molar refractivity (Wildman–Crippen MR) is 55.4 cm³/mol. The minimum Gasteiger partial charge on any atom is -0.300 e. The van der Waals surface area contributed by atoms with Gasteiger partial charge in [-0.2, -0.15) is 5.10 Å². The summed E-state index contributed by atoms with van der Waals surface area (Å²) in [5, 5.41) is 6.39. The largest absolute Gasteiger partial charge is 0.300 e. The highest BCUT2D eigenvalue weighted by molar-refractivity contribution is 5.95. The lowest BCUT2D eigenvalue weighted by molar-refractivity contribution is 0.353. The summed E-state index contributed by atoms with van der Waals surface area (Å²) < 4.78 is 0. The average molecular weight is 168 g/mol. The van der Waals surface area contributed by atoms with Gasteiger partial charge in [0.05, 0.1) is 5.71 Å². The van der Waals surface area contributed by atoms with Crippen molar-refractivity contribution in [3.8, 4) is 0 Å². The highest BCUT2D eigenvalue weighted by Gasteiger charge is 2.01. The van der Waals surface area contributed by atoms with Crippen molar-refractivity contribution in [3.05, 3.63) is 12.7 Å². The first-order chi connectivity index (χ1) is 5.61. The summed E-state index contributed by atoms with van der Waals surface area (Å²) >= 11 is 0. The van der Waals surface area contributed by atoms with Gasteiger partial charge in [-0.3, -0.25) is 5.01 Å². The molecule has 0 atom stereocenters. The second-order valence-electron chi connectivity index (χ2n) is 3.26.